The highest BCUT2D eigenvalue weighted by Crippen LogP contribution is 2.29. The zero-order chi connectivity index (χ0) is 19.6. The van der Waals surface area contributed by atoms with Gasteiger partial charge in [0, 0.05) is 18.4 Å². The molecule has 0 spiro atoms. The van der Waals surface area contributed by atoms with E-state index < -0.39 is 15.8 Å². The van der Waals surface area contributed by atoms with Gasteiger partial charge < -0.3 is 14.8 Å². The number of nitrogens with one attached hydrogen (secondary N) is 1. The monoisotopic (exact) mass is 391 g/mol. The van der Waals surface area contributed by atoms with Crippen LogP contribution in [0.4, 0.5) is 0 Å². The van der Waals surface area contributed by atoms with E-state index in [0.29, 0.717) is 42.7 Å². The summed E-state index contributed by atoms with van der Waals surface area (Å²) in [5.74, 6) is -0.683. The van der Waals surface area contributed by atoms with Crippen molar-refractivity contribution >= 4 is 15.8 Å². The van der Waals surface area contributed by atoms with Gasteiger partial charge in [0.15, 0.2) is 9.84 Å². The van der Waals surface area contributed by atoms with E-state index in [-0.39, 0.29) is 22.5 Å². The summed E-state index contributed by atoms with van der Waals surface area (Å²) in [6.45, 7) is 0. The molecule has 1 aromatic heterocycles. The number of aliphatic carboxylic acids is 1. The maximum absolute atomic E-state index is 12.0. The van der Waals surface area contributed by atoms with Crippen LogP contribution in [0.5, 0.6) is 5.75 Å². The predicted octanol–water partition coefficient (Wildman–Crippen LogP) is 2.47. The minimum Gasteiger partial charge on any atom is -0.490 e. The van der Waals surface area contributed by atoms with Gasteiger partial charge in [0.2, 0.25) is 0 Å². The molecule has 0 amide bonds. The van der Waals surface area contributed by atoms with Gasteiger partial charge in [-0.25, -0.2) is 8.42 Å². The minimum atomic E-state index is -3.29. The van der Waals surface area contributed by atoms with Crippen molar-refractivity contribution in [2.75, 3.05) is 6.26 Å². The van der Waals surface area contributed by atoms with Crippen molar-refractivity contribution in [2.24, 2.45) is 5.92 Å². The maximum atomic E-state index is 12.0. The van der Waals surface area contributed by atoms with E-state index in [9.17, 15) is 18.0 Å². The highest BCUT2D eigenvalue weighted by atomic mass is 32.2. The molecule has 0 unspecified atom stereocenters. The molecule has 8 heteroatoms. The highest BCUT2D eigenvalue weighted by Gasteiger charge is 2.27. The lowest BCUT2D eigenvalue weighted by Crippen LogP contribution is -2.28. The first-order valence-corrected chi connectivity index (χ1v) is 10.6. The van der Waals surface area contributed by atoms with Crippen molar-refractivity contribution in [2.45, 2.75) is 36.7 Å². The third kappa shape index (κ3) is 4.77. The quantitative estimate of drug-likeness (QED) is 0.809. The van der Waals surface area contributed by atoms with E-state index in [1.54, 1.807) is 18.2 Å². The molecule has 1 aromatic carbocycles. The van der Waals surface area contributed by atoms with Gasteiger partial charge in [-0.2, -0.15) is 0 Å². The molecule has 7 nitrogen and oxygen atoms in total. The number of rotatable bonds is 5. The first-order valence-electron chi connectivity index (χ1n) is 8.67. The lowest BCUT2D eigenvalue weighted by molar-refractivity contribution is -0.143. The fraction of sp³-hybridized carbons (Fsp3) is 0.368. The molecular weight excluding hydrogens is 370 g/mol. The van der Waals surface area contributed by atoms with Crippen molar-refractivity contribution in [3.8, 4) is 17.0 Å². The van der Waals surface area contributed by atoms with Crippen LogP contribution in [0.1, 0.15) is 25.7 Å². The standard InChI is InChI=1S/C19H21NO6S/c1-27(24,25)16-8-4-12(5-9-16)17-10-15(11-18(21)20-17)26-14-6-2-13(3-7-14)19(22)23/h4-5,8-11,13-14H,2-3,6-7H2,1H3,(H,20,21)(H,22,23). The fourth-order valence-electron chi connectivity index (χ4n) is 3.24. The molecule has 0 radical (unpaired) electrons. The van der Waals surface area contributed by atoms with E-state index in [4.69, 9.17) is 9.84 Å². The van der Waals surface area contributed by atoms with Crippen LogP contribution in [-0.4, -0.2) is 36.8 Å². The zero-order valence-electron chi connectivity index (χ0n) is 14.8. The Hall–Kier alpha value is -2.61. The third-order valence-electron chi connectivity index (χ3n) is 4.74. The van der Waals surface area contributed by atoms with Gasteiger partial charge >= 0.3 is 5.97 Å². The Bertz CT molecular complexity index is 986. The molecule has 1 saturated carbocycles. The smallest absolute Gasteiger partial charge is 0.306 e. The Morgan fingerprint density at radius 3 is 2.30 bits per heavy atom. The number of carboxylic acid groups (broad SMARTS) is 1. The van der Waals surface area contributed by atoms with Crippen LogP contribution >= 0.6 is 0 Å². The number of benzene rings is 1. The summed E-state index contributed by atoms with van der Waals surface area (Å²) in [4.78, 5) is 25.9. The van der Waals surface area contributed by atoms with Gasteiger partial charge in [-0.15, -0.1) is 0 Å². The Kier molecular flexibility index (Phi) is 5.36. The van der Waals surface area contributed by atoms with Gasteiger partial charge in [-0.1, -0.05) is 12.1 Å². The van der Waals surface area contributed by atoms with Crippen LogP contribution in [0, 0.1) is 5.92 Å². The summed E-state index contributed by atoms with van der Waals surface area (Å²) >= 11 is 0. The molecule has 2 aromatic rings. The first-order chi connectivity index (χ1) is 12.7. The number of aromatic amines is 1. The molecule has 0 aliphatic heterocycles. The maximum Gasteiger partial charge on any atom is 0.306 e. The van der Waals surface area contributed by atoms with Gasteiger partial charge in [0.05, 0.1) is 22.6 Å². The second-order valence-corrected chi connectivity index (χ2v) is 8.84. The molecule has 1 aliphatic rings. The van der Waals surface area contributed by atoms with Gasteiger partial charge in [-0.05, 0) is 43.4 Å². The van der Waals surface area contributed by atoms with Gasteiger partial charge in [0.25, 0.3) is 5.56 Å². The van der Waals surface area contributed by atoms with Crippen LogP contribution in [0.15, 0.2) is 46.1 Å². The molecule has 144 valence electrons. The Morgan fingerprint density at radius 2 is 1.74 bits per heavy atom. The summed E-state index contributed by atoms with van der Waals surface area (Å²) < 4.78 is 29.0. The molecule has 0 saturated heterocycles. The minimum absolute atomic E-state index is 0.122. The second kappa shape index (κ2) is 7.56. The Morgan fingerprint density at radius 1 is 1.11 bits per heavy atom. The van der Waals surface area contributed by atoms with Crippen molar-refractivity contribution < 1.29 is 23.1 Å². The molecular formula is C19H21NO6S. The largest absolute Gasteiger partial charge is 0.490 e. The number of aromatic nitrogens is 1. The van der Waals surface area contributed by atoms with Crippen molar-refractivity contribution in [1.82, 2.24) is 4.98 Å². The number of H-pyrrole nitrogens is 1. The van der Waals surface area contributed by atoms with E-state index >= 15 is 0 Å². The number of hydrogen-bond acceptors (Lipinski definition) is 5. The van der Waals surface area contributed by atoms with E-state index in [2.05, 4.69) is 4.98 Å². The van der Waals surface area contributed by atoms with Crippen molar-refractivity contribution in [1.29, 1.82) is 0 Å². The summed E-state index contributed by atoms with van der Waals surface area (Å²) in [7, 11) is -3.29. The van der Waals surface area contributed by atoms with Crippen LogP contribution in [0.2, 0.25) is 0 Å². The molecule has 1 fully saturated rings. The number of ether oxygens (including phenoxy) is 1. The van der Waals surface area contributed by atoms with Crippen LogP contribution in [-0.2, 0) is 14.6 Å². The molecule has 1 heterocycles. The average Bonchev–Trinajstić information content (AvgIpc) is 2.61. The Balaban J connectivity index is 1.77. The average molecular weight is 391 g/mol. The van der Waals surface area contributed by atoms with E-state index in [1.165, 1.54) is 18.2 Å². The number of hydrogen-bond donors (Lipinski definition) is 2. The molecule has 2 N–H and O–H groups in total. The number of pyridine rings is 1. The van der Waals surface area contributed by atoms with Crippen LogP contribution in [0.3, 0.4) is 0 Å². The molecule has 0 atom stereocenters. The van der Waals surface area contributed by atoms with Crippen LogP contribution in [0.25, 0.3) is 11.3 Å². The van der Waals surface area contributed by atoms with E-state index in [0.717, 1.165) is 6.26 Å². The zero-order valence-corrected chi connectivity index (χ0v) is 15.7. The highest BCUT2D eigenvalue weighted by molar-refractivity contribution is 7.90. The second-order valence-electron chi connectivity index (χ2n) is 6.82. The van der Waals surface area contributed by atoms with Gasteiger partial charge in [-0.3, -0.25) is 9.59 Å². The third-order valence-corrected chi connectivity index (χ3v) is 5.87. The number of carbonyl (C=O) groups is 1. The lowest BCUT2D eigenvalue weighted by Gasteiger charge is -2.26. The lowest BCUT2D eigenvalue weighted by atomic mass is 9.87. The summed E-state index contributed by atoms with van der Waals surface area (Å²) in [6.07, 6.45) is 3.39. The summed E-state index contributed by atoms with van der Waals surface area (Å²) in [6, 6.07) is 9.29. The molecule has 27 heavy (non-hydrogen) atoms. The van der Waals surface area contributed by atoms with Crippen molar-refractivity contribution in [3.63, 3.8) is 0 Å². The normalized spacial score (nSPS) is 20.2. The van der Waals surface area contributed by atoms with E-state index in [1.807, 2.05) is 0 Å². The Labute approximate surface area is 156 Å². The number of sulfone groups is 1. The molecule has 3 rings (SSSR count). The molecule has 0 bridgehead atoms. The number of carboxylic acids is 1. The van der Waals surface area contributed by atoms with Gasteiger partial charge in [0.1, 0.15) is 5.75 Å². The molecule has 1 aliphatic carbocycles. The first kappa shape index (κ1) is 19.2. The SMILES string of the molecule is CS(=O)(=O)c1ccc(-c2cc(OC3CCC(C(=O)O)CC3)cc(=O)[nH]2)cc1. The summed E-state index contributed by atoms with van der Waals surface area (Å²) in [5.41, 5.74) is 0.866. The summed E-state index contributed by atoms with van der Waals surface area (Å²) in [5, 5.41) is 9.06. The van der Waals surface area contributed by atoms with Crippen LogP contribution < -0.4 is 10.3 Å². The predicted molar refractivity (Wildman–Crippen MR) is 99.6 cm³/mol. The fourth-order valence-corrected chi connectivity index (χ4v) is 3.87. The topological polar surface area (TPSA) is 114 Å². The van der Waals surface area contributed by atoms with Crippen molar-refractivity contribution in [3.05, 3.63) is 46.8 Å².